The molecule has 3 rings (SSSR count). The van der Waals surface area contributed by atoms with Gasteiger partial charge in [0, 0.05) is 20.9 Å². The minimum atomic E-state index is -3.29. The van der Waals surface area contributed by atoms with Crippen molar-refractivity contribution in [2.75, 3.05) is 25.3 Å². The molecule has 0 aliphatic heterocycles. The fourth-order valence-corrected chi connectivity index (χ4v) is 5.49. The molecule has 1 aliphatic rings. The van der Waals surface area contributed by atoms with Gasteiger partial charge in [-0.25, -0.2) is 27.9 Å². The molecule has 0 amide bonds. The van der Waals surface area contributed by atoms with E-state index in [1.807, 2.05) is 0 Å². The molecular formula is C19H31N5O6SSi. The highest BCUT2D eigenvalue weighted by molar-refractivity contribution is 7.91. The summed E-state index contributed by atoms with van der Waals surface area (Å²) >= 11 is 0. The molecule has 11 nitrogen and oxygen atoms in total. The van der Waals surface area contributed by atoms with Crippen LogP contribution in [0.5, 0.6) is 0 Å². The third kappa shape index (κ3) is 5.63. The molecule has 1 aliphatic carbocycles. The van der Waals surface area contributed by atoms with Gasteiger partial charge in [-0.15, -0.1) is 0 Å². The van der Waals surface area contributed by atoms with Gasteiger partial charge in [0.2, 0.25) is 0 Å². The Bertz CT molecular complexity index is 1080. The van der Waals surface area contributed by atoms with E-state index in [1.165, 1.54) is 18.1 Å². The maximum Gasteiger partial charge on any atom is 0.359 e. The minimum Gasteiger partial charge on any atom is -0.464 e. The maximum absolute atomic E-state index is 12.4. The van der Waals surface area contributed by atoms with E-state index in [-0.39, 0.29) is 31.1 Å². The molecule has 2 unspecified atom stereocenters. The molecule has 0 bridgehead atoms. The highest BCUT2D eigenvalue weighted by Gasteiger charge is 2.39. The highest BCUT2D eigenvalue weighted by atomic mass is 32.2. The molecule has 1 saturated carbocycles. The molecule has 178 valence electrons. The van der Waals surface area contributed by atoms with Gasteiger partial charge in [0.1, 0.15) is 28.7 Å². The molecule has 0 aromatic carbocycles. The predicted octanol–water partition coefficient (Wildman–Crippen LogP) is 1.27. The average Bonchev–Trinajstić information content (AvgIpc) is 3.25. The lowest BCUT2D eigenvalue weighted by Gasteiger charge is -2.17. The summed E-state index contributed by atoms with van der Waals surface area (Å²) in [5, 5.41) is 17.5. The zero-order valence-corrected chi connectivity index (χ0v) is 20.8. The van der Waals surface area contributed by atoms with E-state index in [4.69, 9.17) is 9.47 Å². The number of methoxy groups -OCH3 is 1. The van der Waals surface area contributed by atoms with E-state index < -0.39 is 41.3 Å². The molecule has 0 radical (unpaired) electrons. The first-order valence-corrected chi connectivity index (χ1v) is 16.1. The van der Waals surface area contributed by atoms with Crippen molar-refractivity contribution in [3.63, 3.8) is 0 Å². The van der Waals surface area contributed by atoms with Crippen molar-refractivity contribution in [3.8, 4) is 0 Å². The first-order valence-electron chi connectivity index (χ1n) is 10.4. The van der Waals surface area contributed by atoms with Gasteiger partial charge in [0.05, 0.1) is 29.9 Å². The highest BCUT2D eigenvalue weighted by Crippen LogP contribution is 2.31. The van der Waals surface area contributed by atoms with E-state index in [0.29, 0.717) is 17.6 Å². The Labute approximate surface area is 188 Å². The van der Waals surface area contributed by atoms with Crippen molar-refractivity contribution in [1.29, 1.82) is 0 Å². The van der Waals surface area contributed by atoms with Crippen molar-refractivity contribution >= 4 is 40.7 Å². The van der Waals surface area contributed by atoms with Crippen molar-refractivity contribution < 1.29 is 27.8 Å². The van der Waals surface area contributed by atoms with Crippen molar-refractivity contribution in [2.24, 2.45) is 0 Å². The number of aromatic nitrogens is 4. The molecular weight excluding hydrogens is 454 g/mol. The lowest BCUT2D eigenvalue weighted by atomic mass is 10.2. The number of aliphatic hydroxyl groups is 1. The Hall–Kier alpha value is -2.09. The Morgan fingerprint density at radius 2 is 2.03 bits per heavy atom. The molecule has 13 heteroatoms. The van der Waals surface area contributed by atoms with Crippen molar-refractivity contribution in [2.45, 2.75) is 62.7 Å². The topological polar surface area (TPSA) is 146 Å². The lowest BCUT2D eigenvalue weighted by Crippen LogP contribution is -2.28. The Balaban J connectivity index is 1.89. The van der Waals surface area contributed by atoms with Crippen LogP contribution in [0.25, 0.3) is 11.0 Å². The quantitative estimate of drug-likeness (QED) is 0.302. The van der Waals surface area contributed by atoms with Gasteiger partial charge in [-0.05, 0) is 18.9 Å². The second-order valence-electron chi connectivity index (χ2n) is 9.35. The van der Waals surface area contributed by atoms with E-state index in [9.17, 15) is 18.3 Å². The van der Waals surface area contributed by atoms with Gasteiger partial charge >= 0.3 is 5.97 Å². The SMILES string of the molecule is COC(=O)c1nn(COCC[Si](C)(C)C)c2ncnc(NC3CC(S(C)(=O)=O)C[C@H]3O)c12. The van der Waals surface area contributed by atoms with Gasteiger partial charge in [0.15, 0.2) is 11.3 Å². The first kappa shape index (κ1) is 24.5. The average molecular weight is 486 g/mol. The number of carbonyl (C=O) groups is 1. The van der Waals surface area contributed by atoms with Gasteiger partial charge < -0.3 is 19.9 Å². The summed E-state index contributed by atoms with van der Waals surface area (Å²) < 4.78 is 35.9. The zero-order chi connectivity index (χ0) is 23.7. The molecule has 32 heavy (non-hydrogen) atoms. The molecule has 0 saturated heterocycles. The fraction of sp³-hybridized carbons (Fsp3) is 0.684. The van der Waals surface area contributed by atoms with E-state index in [0.717, 1.165) is 12.3 Å². The van der Waals surface area contributed by atoms with E-state index in [2.05, 4.69) is 40.0 Å². The van der Waals surface area contributed by atoms with Crippen LogP contribution < -0.4 is 5.32 Å². The molecule has 2 N–H and O–H groups in total. The molecule has 1 fully saturated rings. The van der Waals surface area contributed by atoms with Crippen LogP contribution in [-0.2, 0) is 26.0 Å². The van der Waals surface area contributed by atoms with Crippen LogP contribution in [0.4, 0.5) is 5.82 Å². The molecule has 2 aromatic rings. The molecule has 2 aromatic heterocycles. The van der Waals surface area contributed by atoms with Crippen molar-refractivity contribution in [1.82, 2.24) is 19.7 Å². The number of hydrogen-bond donors (Lipinski definition) is 2. The van der Waals surface area contributed by atoms with Crippen LogP contribution in [0.15, 0.2) is 6.33 Å². The number of hydrogen-bond acceptors (Lipinski definition) is 10. The summed E-state index contributed by atoms with van der Waals surface area (Å²) in [5.74, 6) is -0.378. The number of sulfone groups is 1. The lowest BCUT2D eigenvalue weighted by molar-refractivity contribution is 0.0585. The summed E-state index contributed by atoms with van der Waals surface area (Å²) in [7, 11) is -3.28. The monoisotopic (exact) mass is 485 g/mol. The molecule has 3 atom stereocenters. The van der Waals surface area contributed by atoms with Crippen LogP contribution in [0.1, 0.15) is 23.3 Å². The predicted molar refractivity (Wildman–Crippen MR) is 122 cm³/mol. The first-order chi connectivity index (χ1) is 14.9. The minimum absolute atomic E-state index is 0.0200. The van der Waals surface area contributed by atoms with Crippen LogP contribution in [0.2, 0.25) is 25.7 Å². The third-order valence-electron chi connectivity index (χ3n) is 5.53. The van der Waals surface area contributed by atoms with Crippen LogP contribution in [-0.4, -0.2) is 84.7 Å². The van der Waals surface area contributed by atoms with Gasteiger partial charge in [-0.1, -0.05) is 19.6 Å². The summed E-state index contributed by atoms with van der Waals surface area (Å²) in [6.45, 7) is 7.45. The number of anilines is 1. The summed E-state index contributed by atoms with van der Waals surface area (Å²) in [6, 6.07) is 0.438. The van der Waals surface area contributed by atoms with E-state index >= 15 is 0 Å². The normalized spacial score (nSPS) is 21.8. The fourth-order valence-electron chi connectivity index (χ4n) is 3.63. The van der Waals surface area contributed by atoms with E-state index in [1.54, 1.807) is 0 Å². The van der Waals surface area contributed by atoms with Gasteiger partial charge in [-0.2, -0.15) is 5.10 Å². The van der Waals surface area contributed by atoms with Gasteiger partial charge in [0.25, 0.3) is 0 Å². The number of fused-ring (bicyclic) bond motifs is 1. The number of esters is 1. The van der Waals surface area contributed by atoms with Crippen molar-refractivity contribution in [3.05, 3.63) is 12.0 Å². The second kappa shape index (κ2) is 9.41. The maximum atomic E-state index is 12.4. The summed E-state index contributed by atoms with van der Waals surface area (Å²) in [6.07, 6.45) is 1.98. The van der Waals surface area contributed by atoms with Crippen LogP contribution in [0.3, 0.4) is 0 Å². The second-order valence-corrected chi connectivity index (χ2v) is 17.3. The largest absolute Gasteiger partial charge is 0.464 e. The standard InChI is InChI=1S/C19H31N5O6SSi/c1-29-19(26)16-15-17(22-13-8-12(9-14(13)25)31(2,27)28)20-10-21-18(15)24(23-16)11-30-6-7-32(3,4)5/h10,12-14,25H,6-9,11H2,1-5H3,(H,20,21,22)/t12?,13?,14-/m1/s1. The van der Waals surface area contributed by atoms with Crippen LogP contribution in [0, 0.1) is 0 Å². The third-order valence-corrected chi connectivity index (χ3v) is 8.83. The number of carbonyl (C=O) groups excluding carboxylic acids is 1. The number of nitrogens with zero attached hydrogens (tertiary/aromatic N) is 4. The van der Waals surface area contributed by atoms with Gasteiger partial charge in [-0.3, -0.25) is 0 Å². The molecule has 0 spiro atoms. The zero-order valence-electron chi connectivity index (χ0n) is 19.0. The Morgan fingerprint density at radius 3 is 2.62 bits per heavy atom. The smallest absolute Gasteiger partial charge is 0.359 e. The number of aliphatic hydroxyl groups excluding tert-OH is 1. The number of rotatable bonds is 9. The van der Waals surface area contributed by atoms with Crippen LogP contribution >= 0.6 is 0 Å². The summed E-state index contributed by atoms with van der Waals surface area (Å²) in [5.41, 5.74) is 0.398. The summed E-state index contributed by atoms with van der Waals surface area (Å²) in [4.78, 5) is 20.9. The molecule has 2 heterocycles. The number of nitrogens with one attached hydrogen (secondary N) is 1. The Kier molecular flexibility index (Phi) is 7.22. The number of ether oxygens (including phenoxy) is 2. The Morgan fingerprint density at radius 1 is 1.31 bits per heavy atom.